The van der Waals surface area contributed by atoms with E-state index in [4.69, 9.17) is 0 Å². The molecule has 5 aromatic carbocycles. The molecule has 6 aromatic rings. The Morgan fingerprint density at radius 1 is 0.529 bits per heavy atom. The van der Waals surface area contributed by atoms with E-state index < -0.39 is 0 Å². The van der Waals surface area contributed by atoms with Gasteiger partial charge in [-0.3, -0.25) is 4.79 Å². The first kappa shape index (κ1) is 20.2. The van der Waals surface area contributed by atoms with Crippen molar-refractivity contribution in [3.63, 3.8) is 0 Å². The van der Waals surface area contributed by atoms with Gasteiger partial charge in [0.05, 0.1) is 6.04 Å². The summed E-state index contributed by atoms with van der Waals surface area (Å²) in [6.07, 6.45) is 0. The van der Waals surface area contributed by atoms with Gasteiger partial charge in [0.2, 0.25) is 0 Å². The Labute approximate surface area is 198 Å². The van der Waals surface area contributed by atoms with Gasteiger partial charge in [0, 0.05) is 32.9 Å². The first-order chi connectivity index (χ1) is 16.8. The molecule has 2 heteroatoms. The van der Waals surface area contributed by atoms with Crippen LogP contribution in [0.5, 0.6) is 0 Å². The van der Waals surface area contributed by atoms with Crippen molar-refractivity contribution < 1.29 is 4.79 Å². The van der Waals surface area contributed by atoms with E-state index >= 15 is 0 Å². The smallest absolute Gasteiger partial charge is 0.193 e. The summed E-state index contributed by atoms with van der Waals surface area (Å²) in [4.78, 5) is 13.7. The summed E-state index contributed by atoms with van der Waals surface area (Å²) < 4.78 is 2.39. The fourth-order valence-electron chi connectivity index (χ4n) is 5.02. The van der Waals surface area contributed by atoms with Crippen LogP contribution in [0.3, 0.4) is 0 Å². The fraction of sp³-hybridized carbons (Fsp3) is 0.0312. The molecule has 6 rings (SSSR count). The SMILES string of the molecule is O=C(c1ccccc1)c1ccccc1C(c1ccccc1)n1c2ccccc2c2ccccc21. The highest BCUT2D eigenvalue weighted by atomic mass is 16.1. The van der Waals surface area contributed by atoms with Gasteiger partial charge in [-0.2, -0.15) is 0 Å². The standard InChI is InChI=1S/C32H23NO/c34-32(24-15-5-2-6-16-24)28-20-8-7-19-27(28)31(23-13-3-1-4-14-23)33-29-21-11-9-17-25(29)26-18-10-12-22-30(26)33/h1-22,31H. The third-order valence-corrected chi connectivity index (χ3v) is 6.53. The summed E-state index contributed by atoms with van der Waals surface area (Å²) in [7, 11) is 0. The van der Waals surface area contributed by atoms with Gasteiger partial charge in [-0.25, -0.2) is 0 Å². The molecule has 0 spiro atoms. The molecule has 0 amide bonds. The predicted octanol–water partition coefficient (Wildman–Crippen LogP) is 7.66. The number of para-hydroxylation sites is 2. The largest absolute Gasteiger partial charge is 0.329 e. The number of ketones is 1. The molecule has 0 saturated carbocycles. The highest BCUT2D eigenvalue weighted by Gasteiger charge is 2.26. The van der Waals surface area contributed by atoms with E-state index in [0.29, 0.717) is 5.56 Å². The molecule has 2 nitrogen and oxygen atoms in total. The number of rotatable bonds is 5. The highest BCUT2D eigenvalue weighted by Crippen LogP contribution is 2.38. The topological polar surface area (TPSA) is 22.0 Å². The van der Waals surface area contributed by atoms with Gasteiger partial charge in [0.25, 0.3) is 0 Å². The van der Waals surface area contributed by atoms with Crippen LogP contribution in [0.4, 0.5) is 0 Å². The molecule has 1 unspecified atom stereocenters. The molecule has 0 aliphatic rings. The molecule has 0 aliphatic heterocycles. The molecule has 0 bridgehead atoms. The number of nitrogens with zero attached hydrogens (tertiary/aromatic N) is 1. The van der Waals surface area contributed by atoms with Crippen LogP contribution in [0, 0.1) is 0 Å². The van der Waals surface area contributed by atoms with Crippen LogP contribution in [-0.2, 0) is 0 Å². The molecular formula is C32H23NO. The number of aromatic nitrogens is 1. The zero-order chi connectivity index (χ0) is 22.9. The maximum Gasteiger partial charge on any atom is 0.193 e. The van der Waals surface area contributed by atoms with E-state index in [1.54, 1.807) is 0 Å². The normalized spacial score (nSPS) is 12.1. The second-order valence-electron chi connectivity index (χ2n) is 8.50. The summed E-state index contributed by atoms with van der Waals surface area (Å²) in [5.74, 6) is 0.0397. The van der Waals surface area contributed by atoms with Gasteiger partial charge >= 0.3 is 0 Å². The van der Waals surface area contributed by atoms with Crippen molar-refractivity contribution in [1.82, 2.24) is 4.57 Å². The zero-order valence-electron chi connectivity index (χ0n) is 18.6. The first-order valence-electron chi connectivity index (χ1n) is 11.5. The number of hydrogen-bond donors (Lipinski definition) is 0. The van der Waals surface area contributed by atoms with Crippen LogP contribution < -0.4 is 0 Å². The minimum Gasteiger partial charge on any atom is -0.329 e. The number of carbonyl (C=O) groups excluding carboxylic acids is 1. The summed E-state index contributed by atoms with van der Waals surface area (Å²) in [5, 5.41) is 2.43. The molecule has 1 atom stereocenters. The van der Waals surface area contributed by atoms with Gasteiger partial charge in [0.1, 0.15) is 0 Å². The van der Waals surface area contributed by atoms with E-state index in [0.717, 1.165) is 27.7 Å². The Kier molecular flexibility index (Phi) is 5.04. The highest BCUT2D eigenvalue weighted by molar-refractivity contribution is 6.11. The van der Waals surface area contributed by atoms with Gasteiger partial charge in [-0.15, -0.1) is 0 Å². The molecule has 0 N–H and O–H groups in total. The van der Waals surface area contributed by atoms with Gasteiger partial charge < -0.3 is 4.57 Å². The number of benzene rings is 5. The Hall–Kier alpha value is -4.43. The number of hydrogen-bond acceptors (Lipinski definition) is 1. The van der Waals surface area contributed by atoms with E-state index in [2.05, 4.69) is 83.4 Å². The van der Waals surface area contributed by atoms with E-state index in [1.807, 2.05) is 54.6 Å². The third-order valence-electron chi connectivity index (χ3n) is 6.53. The Bertz CT molecular complexity index is 1560. The van der Waals surface area contributed by atoms with Crippen LogP contribution in [0.2, 0.25) is 0 Å². The fourth-order valence-corrected chi connectivity index (χ4v) is 5.02. The Morgan fingerprint density at radius 2 is 1.03 bits per heavy atom. The van der Waals surface area contributed by atoms with Crippen LogP contribution in [0.15, 0.2) is 133 Å². The van der Waals surface area contributed by atoms with Crippen molar-refractivity contribution >= 4 is 27.6 Å². The lowest BCUT2D eigenvalue weighted by Crippen LogP contribution is -2.16. The van der Waals surface area contributed by atoms with Crippen molar-refractivity contribution in [2.45, 2.75) is 6.04 Å². The summed E-state index contributed by atoms with van der Waals surface area (Å²) in [6.45, 7) is 0. The van der Waals surface area contributed by atoms with Crippen LogP contribution >= 0.6 is 0 Å². The molecule has 1 aromatic heterocycles. The minimum absolute atomic E-state index is 0.0397. The monoisotopic (exact) mass is 437 g/mol. The minimum atomic E-state index is -0.158. The Morgan fingerprint density at radius 3 is 1.68 bits per heavy atom. The lowest BCUT2D eigenvalue weighted by atomic mass is 9.90. The van der Waals surface area contributed by atoms with E-state index in [9.17, 15) is 4.79 Å². The average molecular weight is 438 g/mol. The summed E-state index contributed by atoms with van der Waals surface area (Å²) in [6, 6.07) is 44.9. The van der Waals surface area contributed by atoms with E-state index in [-0.39, 0.29) is 11.8 Å². The molecule has 0 radical (unpaired) electrons. The molecule has 0 saturated heterocycles. The summed E-state index contributed by atoms with van der Waals surface area (Å²) >= 11 is 0. The van der Waals surface area contributed by atoms with Crippen molar-refractivity contribution in [1.29, 1.82) is 0 Å². The number of carbonyl (C=O) groups is 1. The second kappa shape index (κ2) is 8.49. The molecule has 1 heterocycles. The molecule has 0 fully saturated rings. The maximum absolute atomic E-state index is 13.7. The maximum atomic E-state index is 13.7. The van der Waals surface area contributed by atoms with Crippen LogP contribution in [-0.4, -0.2) is 10.4 Å². The Balaban J connectivity index is 1.67. The lowest BCUT2D eigenvalue weighted by Gasteiger charge is -2.25. The average Bonchev–Trinajstić information content (AvgIpc) is 3.24. The van der Waals surface area contributed by atoms with Crippen molar-refractivity contribution in [2.75, 3.05) is 0 Å². The zero-order valence-corrected chi connectivity index (χ0v) is 18.6. The van der Waals surface area contributed by atoms with Gasteiger partial charge in [0.15, 0.2) is 5.78 Å². The van der Waals surface area contributed by atoms with E-state index in [1.165, 1.54) is 10.8 Å². The van der Waals surface area contributed by atoms with Crippen molar-refractivity contribution in [3.8, 4) is 0 Å². The number of fused-ring (bicyclic) bond motifs is 3. The summed E-state index contributed by atoms with van der Waals surface area (Å²) in [5.41, 5.74) is 5.86. The van der Waals surface area contributed by atoms with Crippen molar-refractivity contribution in [2.24, 2.45) is 0 Å². The quantitative estimate of drug-likeness (QED) is 0.254. The lowest BCUT2D eigenvalue weighted by molar-refractivity contribution is 0.103. The van der Waals surface area contributed by atoms with Crippen LogP contribution in [0.1, 0.15) is 33.1 Å². The van der Waals surface area contributed by atoms with Crippen molar-refractivity contribution in [3.05, 3.63) is 156 Å². The van der Waals surface area contributed by atoms with Crippen LogP contribution in [0.25, 0.3) is 21.8 Å². The first-order valence-corrected chi connectivity index (χ1v) is 11.5. The third kappa shape index (κ3) is 3.32. The predicted molar refractivity (Wildman–Crippen MR) is 139 cm³/mol. The van der Waals surface area contributed by atoms with Gasteiger partial charge in [-0.1, -0.05) is 121 Å². The van der Waals surface area contributed by atoms with Gasteiger partial charge in [-0.05, 0) is 23.3 Å². The second-order valence-corrected chi connectivity index (χ2v) is 8.50. The molecule has 34 heavy (non-hydrogen) atoms. The molecular weight excluding hydrogens is 414 g/mol. The molecule has 162 valence electrons. The molecule has 0 aliphatic carbocycles.